The zero-order valence-corrected chi connectivity index (χ0v) is 11.0. The number of hydrogen-bond donors (Lipinski definition) is 2. The molecule has 0 heterocycles. The summed E-state index contributed by atoms with van der Waals surface area (Å²) in [4.78, 5) is 24.2. The Kier molecular flexibility index (Phi) is 5.32. The molecule has 1 aromatic carbocycles. The van der Waals surface area contributed by atoms with Crippen LogP contribution in [-0.2, 0) is 9.53 Å². The summed E-state index contributed by atoms with van der Waals surface area (Å²) in [5.74, 6) is -1.40. The van der Waals surface area contributed by atoms with Crippen LogP contribution in [0.25, 0.3) is 0 Å². The van der Waals surface area contributed by atoms with Crippen molar-refractivity contribution in [3.63, 3.8) is 0 Å². The summed E-state index contributed by atoms with van der Waals surface area (Å²) >= 11 is 0. The molecule has 0 aromatic heterocycles. The number of carbonyl (C=O) groups excluding carboxylic acids is 1. The zero-order valence-electron chi connectivity index (χ0n) is 11.0. The largest absolute Gasteiger partial charge is 0.480 e. The maximum Gasteiger partial charge on any atom is 0.323 e. The number of carbonyl (C=O) groups is 2. The number of nitrogens with zero attached hydrogens (tertiary/aromatic N) is 1. The second-order valence-electron chi connectivity index (χ2n) is 4.18. The number of nitrogens with two attached hydrogens (primary N) is 1. The number of aryl methyl sites for hydroxylation is 1. The van der Waals surface area contributed by atoms with Gasteiger partial charge in [0.05, 0.1) is 6.61 Å². The third-order valence-corrected chi connectivity index (χ3v) is 2.70. The quantitative estimate of drug-likeness (QED) is 0.741. The molecule has 1 amide bonds. The molecule has 3 N–H and O–H groups in total. The Bertz CT molecular complexity index is 474. The highest BCUT2D eigenvalue weighted by atomic mass is 16.5. The van der Waals surface area contributed by atoms with Crippen LogP contribution in [0.15, 0.2) is 18.2 Å². The number of methoxy groups -OCH3 is 1. The first kappa shape index (κ1) is 15.0. The Morgan fingerprint density at radius 2 is 2.11 bits per heavy atom. The Morgan fingerprint density at radius 1 is 1.42 bits per heavy atom. The summed E-state index contributed by atoms with van der Waals surface area (Å²) in [7, 11) is 1.50. The van der Waals surface area contributed by atoms with Gasteiger partial charge in [-0.3, -0.25) is 9.59 Å². The van der Waals surface area contributed by atoms with Gasteiger partial charge < -0.3 is 20.5 Å². The number of hydrogen-bond acceptors (Lipinski definition) is 4. The number of ether oxygens (including phenoxy) is 1. The van der Waals surface area contributed by atoms with Crippen LogP contribution in [0.3, 0.4) is 0 Å². The molecule has 1 aromatic rings. The predicted molar refractivity (Wildman–Crippen MR) is 71.0 cm³/mol. The lowest BCUT2D eigenvalue weighted by molar-refractivity contribution is -0.137. The minimum absolute atomic E-state index is 0.227. The second kappa shape index (κ2) is 6.75. The lowest BCUT2D eigenvalue weighted by Crippen LogP contribution is -2.38. The van der Waals surface area contributed by atoms with E-state index in [0.717, 1.165) is 5.56 Å². The maximum atomic E-state index is 12.2. The molecule has 19 heavy (non-hydrogen) atoms. The Labute approximate surface area is 111 Å². The van der Waals surface area contributed by atoms with Crippen molar-refractivity contribution in [2.75, 3.05) is 32.5 Å². The summed E-state index contributed by atoms with van der Waals surface area (Å²) in [6.45, 7) is 1.95. The van der Waals surface area contributed by atoms with E-state index in [9.17, 15) is 9.59 Å². The molecule has 0 unspecified atom stereocenters. The monoisotopic (exact) mass is 266 g/mol. The molecule has 0 radical (unpaired) electrons. The van der Waals surface area contributed by atoms with Gasteiger partial charge in [-0.05, 0) is 30.7 Å². The van der Waals surface area contributed by atoms with E-state index in [-0.39, 0.29) is 25.6 Å². The van der Waals surface area contributed by atoms with Crippen molar-refractivity contribution >= 4 is 17.6 Å². The van der Waals surface area contributed by atoms with Crippen molar-refractivity contribution in [3.05, 3.63) is 29.3 Å². The van der Waals surface area contributed by atoms with E-state index in [4.69, 9.17) is 15.6 Å². The van der Waals surface area contributed by atoms with Gasteiger partial charge >= 0.3 is 5.97 Å². The number of carboxylic acid groups (broad SMARTS) is 1. The standard InChI is InChI=1S/C13H18N2O4/c1-9-7-10(3-4-11(9)14)13(18)15(5-6-19-2)8-12(16)17/h3-4,7H,5-6,8,14H2,1-2H3,(H,16,17). The Morgan fingerprint density at radius 3 is 2.63 bits per heavy atom. The SMILES string of the molecule is COCCN(CC(=O)O)C(=O)c1ccc(N)c(C)c1. The van der Waals surface area contributed by atoms with E-state index in [0.29, 0.717) is 11.3 Å². The van der Waals surface area contributed by atoms with Crippen LogP contribution in [0.2, 0.25) is 0 Å². The molecule has 0 saturated carbocycles. The molecule has 1 rings (SSSR count). The van der Waals surface area contributed by atoms with Crippen LogP contribution < -0.4 is 5.73 Å². The molecule has 6 nitrogen and oxygen atoms in total. The van der Waals surface area contributed by atoms with Crippen LogP contribution in [0.4, 0.5) is 5.69 Å². The van der Waals surface area contributed by atoms with Crippen LogP contribution in [0.5, 0.6) is 0 Å². The van der Waals surface area contributed by atoms with Crippen LogP contribution in [-0.4, -0.2) is 48.7 Å². The van der Waals surface area contributed by atoms with Crippen LogP contribution >= 0.6 is 0 Å². The van der Waals surface area contributed by atoms with Crippen molar-refractivity contribution in [1.29, 1.82) is 0 Å². The minimum Gasteiger partial charge on any atom is -0.480 e. The van der Waals surface area contributed by atoms with E-state index >= 15 is 0 Å². The van der Waals surface area contributed by atoms with Crippen molar-refractivity contribution in [1.82, 2.24) is 4.90 Å². The average Bonchev–Trinajstić information content (AvgIpc) is 2.36. The van der Waals surface area contributed by atoms with Gasteiger partial charge in [0.2, 0.25) is 0 Å². The van der Waals surface area contributed by atoms with Gasteiger partial charge in [0, 0.05) is 24.9 Å². The Hall–Kier alpha value is -2.08. The smallest absolute Gasteiger partial charge is 0.323 e. The highest BCUT2D eigenvalue weighted by Gasteiger charge is 2.18. The van der Waals surface area contributed by atoms with Gasteiger partial charge in [0.25, 0.3) is 5.91 Å². The third-order valence-electron chi connectivity index (χ3n) is 2.70. The van der Waals surface area contributed by atoms with Gasteiger partial charge in [0.15, 0.2) is 0 Å². The van der Waals surface area contributed by atoms with E-state index in [1.807, 2.05) is 0 Å². The molecule has 0 spiro atoms. The molecule has 0 aliphatic carbocycles. The Balaban J connectivity index is 2.90. The van der Waals surface area contributed by atoms with Gasteiger partial charge in [-0.15, -0.1) is 0 Å². The molecule has 0 aliphatic heterocycles. The normalized spacial score (nSPS) is 10.2. The number of carboxylic acids is 1. The number of aliphatic carboxylic acids is 1. The summed E-state index contributed by atoms with van der Waals surface area (Å²) in [6, 6.07) is 4.88. The molecule has 0 saturated heterocycles. The van der Waals surface area contributed by atoms with Gasteiger partial charge in [-0.1, -0.05) is 0 Å². The van der Waals surface area contributed by atoms with Crippen LogP contribution in [0, 0.1) is 6.92 Å². The molecule has 6 heteroatoms. The summed E-state index contributed by atoms with van der Waals surface area (Å²) < 4.78 is 4.88. The van der Waals surface area contributed by atoms with Crippen molar-refractivity contribution in [3.8, 4) is 0 Å². The van der Waals surface area contributed by atoms with Crippen molar-refractivity contribution in [2.24, 2.45) is 0 Å². The maximum absolute atomic E-state index is 12.2. The summed E-state index contributed by atoms with van der Waals surface area (Å²) in [6.07, 6.45) is 0. The predicted octanol–water partition coefficient (Wildman–Crippen LogP) is 0.750. The third kappa shape index (κ3) is 4.26. The fourth-order valence-electron chi connectivity index (χ4n) is 1.61. The lowest BCUT2D eigenvalue weighted by atomic mass is 10.1. The highest BCUT2D eigenvalue weighted by molar-refractivity contribution is 5.96. The first-order chi connectivity index (χ1) is 8.95. The average molecular weight is 266 g/mol. The van der Waals surface area contributed by atoms with Gasteiger partial charge in [-0.2, -0.15) is 0 Å². The second-order valence-corrected chi connectivity index (χ2v) is 4.18. The number of anilines is 1. The fraction of sp³-hybridized carbons (Fsp3) is 0.385. The summed E-state index contributed by atoms with van der Waals surface area (Å²) in [5, 5.41) is 8.82. The molecular formula is C13H18N2O4. The van der Waals surface area contributed by atoms with E-state index in [1.165, 1.54) is 12.0 Å². The van der Waals surface area contributed by atoms with Gasteiger partial charge in [0.1, 0.15) is 6.54 Å². The first-order valence-corrected chi connectivity index (χ1v) is 5.82. The van der Waals surface area contributed by atoms with E-state index in [1.54, 1.807) is 25.1 Å². The van der Waals surface area contributed by atoms with E-state index < -0.39 is 5.97 Å². The van der Waals surface area contributed by atoms with Gasteiger partial charge in [-0.25, -0.2) is 0 Å². The molecule has 104 valence electrons. The van der Waals surface area contributed by atoms with Crippen LogP contribution in [0.1, 0.15) is 15.9 Å². The van der Waals surface area contributed by atoms with Crippen molar-refractivity contribution in [2.45, 2.75) is 6.92 Å². The number of nitrogen functional groups attached to an aromatic ring is 1. The number of benzene rings is 1. The summed E-state index contributed by atoms with van der Waals surface area (Å²) in [5.41, 5.74) is 7.49. The number of amides is 1. The minimum atomic E-state index is -1.06. The molecule has 0 aliphatic rings. The highest BCUT2D eigenvalue weighted by Crippen LogP contribution is 2.14. The lowest BCUT2D eigenvalue weighted by Gasteiger charge is -2.20. The topological polar surface area (TPSA) is 92.9 Å². The van der Waals surface area contributed by atoms with E-state index in [2.05, 4.69) is 0 Å². The molecular weight excluding hydrogens is 248 g/mol. The fourth-order valence-corrected chi connectivity index (χ4v) is 1.61. The molecule has 0 fully saturated rings. The molecule has 0 bridgehead atoms. The number of rotatable bonds is 6. The van der Waals surface area contributed by atoms with Crippen molar-refractivity contribution < 1.29 is 19.4 Å². The molecule has 0 atom stereocenters. The first-order valence-electron chi connectivity index (χ1n) is 5.82. The zero-order chi connectivity index (χ0) is 14.4.